The third-order valence-electron chi connectivity index (χ3n) is 3.88. The normalized spacial score (nSPS) is 13.2. The van der Waals surface area contributed by atoms with Crippen LogP contribution in [0, 0.1) is 18.6 Å². The molecule has 0 bridgehead atoms. The fraction of sp³-hybridized carbons (Fsp3) is 0.167. The summed E-state index contributed by atoms with van der Waals surface area (Å²) in [5.41, 5.74) is 1.19. The molecule has 1 amide bonds. The minimum Gasteiger partial charge on any atom is -0.480 e. The van der Waals surface area contributed by atoms with Crippen molar-refractivity contribution in [3.8, 4) is 0 Å². The molecule has 0 radical (unpaired) electrons. The molecule has 0 aliphatic heterocycles. The van der Waals surface area contributed by atoms with Crippen molar-refractivity contribution in [1.29, 1.82) is 0 Å². The number of hydrogen-bond acceptors (Lipinski definition) is 3. The number of thiazole rings is 1. The van der Waals surface area contributed by atoms with Crippen LogP contribution in [0.3, 0.4) is 0 Å². The number of carboxylic acids is 1. The molecule has 3 aromatic rings. The smallest absolute Gasteiger partial charge is 0.326 e. The zero-order chi connectivity index (χ0) is 19.0. The summed E-state index contributed by atoms with van der Waals surface area (Å²) in [6, 6.07) is 7.26. The van der Waals surface area contributed by atoms with Crippen LogP contribution in [0.15, 0.2) is 41.4 Å². The Balaban J connectivity index is 2.25. The molecule has 1 aromatic heterocycles. The Labute approximate surface area is 150 Å². The van der Waals surface area contributed by atoms with E-state index in [4.69, 9.17) is 0 Å². The van der Waals surface area contributed by atoms with E-state index in [0.717, 1.165) is 27.5 Å². The zero-order valence-corrected chi connectivity index (χ0v) is 14.7. The lowest BCUT2D eigenvalue weighted by Gasteiger charge is -2.10. The Hall–Kier alpha value is -2.87. The van der Waals surface area contributed by atoms with Gasteiger partial charge in [0.2, 0.25) is 0 Å². The molecule has 5 nitrogen and oxygen atoms in total. The molecule has 26 heavy (non-hydrogen) atoms. The quantitative estimate of drug-likeness (QED) is 0.758. The number of benzene rings is 2. The number of carboxylic acid groups (broad SMARTS) is 1. The number of nitrogens with zero attached hydrogens (tertiary/aromatic N) is 2. The summed E-state index contributed by atoms with van der Waals surface area (Å²) >= 11 is 0.856. The van der Waals surface area contributed by atoms with E-state index in [1.165, 1.54) is 6.92 Å². The Morgan fingerprint density at radius 2 is 1.85 bits per heavy atom. The lowest BCUT2D eigenvalue weighted by atomic mass is 10.1. The van der Waals surface area contributed by atoms with Gasteiger partial charge in [-0.1, -0.05) is 29.0 Å². The molecule has 1 atom stereocenters. The summed E-state index contributed by atoms with van der Waals surface area (Å²) in [5, 5.41) is 9.33. The van der Waals surface area contributed by atoms with Gasteiger partial charge in [0.05, 0.1) is 10.2 Å². The van der Waals surface area contributed by atoms with Gasteiger partial charge in [-0.05, 0) is 32.0 Å². The minimum atomic E-state index is -1.22. The van der Waals surface area contributed by atoms with Gasteiger partial charge in [-0.3, -0.25) is 9.36 Å². The highest BCUT2D eigenvalue weighted by Gasteiger charge is 2.22. The number of fused-ring (bicyclic) bond motifs is 1. The van der Waals surface area contributed by atoms with Crippen molar-refractivity contribution in [1.82, 2.24) is 4.57 Å². The van der Waals surface area contributed by atoms with Gasteiger partial charge in [-0.15, -0.1) is 0 Å². The Morgan fingerprint density at radius 1 is 1.19 bits per heavy atom. The first kappa shape index (κ1) is 17.9. The number of carbonyl (C=O) groups is 2. The first-order valence-corrected chi connectivity index (χ1v) is 8.48. The van der Waals surface area contributed by atoms with Crippen LogP contribution in [0.2, 0.25) is 0 Å². The molecule has 0 saturated carbocycles. The monoisotopic (exact) mass is 376 g/mol. The summed E-state index contributed by atoms with van der Waals surface area (Å²) < 4.78 is 29.1. The van der Waals surface area contributed by atoms with Crippen LogP contribution in [0.25, 0.3) is 10.2 Å². The van der Waals surface area contributed by atoms with E-state index >= 15 is 0 Å². The molecule has 8 heteroatoms. The highest BCUT2D eigenvalue weighted by molar-refractivity contribution is 7.16. The van der Waals surface area contributed by atoms with Crippen molar-refractivity contribution in [2.75, 3.05) is 0 Å². The maximum absolute atomic E-state index is 14.3. The Bertz CT molecular complexity index is 1080. The standard InChI is InChI=1S/C18H14F2N2O3S/c1-9-3-5-11(6-4-9)16(23)21-18-22(10(2)17(24)25)15-13(20)7-12(19)8-14(15)26-18/h3-8,10H,1-2H3,(H,24,25)/b21-18-. The average molecular weight is 376 g/mol. The highest BCUT2D eigenvalue weighted by atomic mass is 32.1. The van der Waals surface area contributed by atoms with Crippen molar-refractivity contribution >= 4 is 33.4 Å². The molecule has 0 aliphatic carbocycles. The second kappa shape index (κ2) is 6.80. The number of halogens is 2. The van der Waals surface area contributed by atoms with E-state index in [9.17, 15) is 23.5 Å². The maximum Gasteiger partial charge on any atom is 0.326 e. The molecule has 0 saturated heterocycles. The molecular formula is C18H14F2N2O3S. The fourth-order valence-electron chi connectivity index (χ4n) is 2.49. The molecular weight excluding hydrogens is 362 g/mol. The SMILES string of the molecule is Cc1ccc(C(=O)/N=c2\sc3cc(F)cc(F)c3n2C(C)C(=O)O)cc1. The van der Waals surface area contributed by atoms with Crippen molar-refractivity contribution in [2.24, 2.45) is 4.99 Å². The topological polar surface area (TPSA) is 71.7 Å². The van der Waals surface area contributed by atoms with Crippen molar-refractivity contribution in [2.45, 2.75) is 19.9 Å². The second-order valence-electron chi connectivity index (χ2n) is 5.79. The van der Waals surface area contributed by atoms with Crippen LogP contribution in [0.4, 0.5) is 8.78 Å². The zero-order valence-electron chi connectivity index (χ0n) is 13.9. The van der Waals surface area contributed by atoms with Gasteiger partial charge in [0.15, 0.2) is 10.6 Å². The molecule has 0 spiro atoms. The van der Waals surface area contributed by atoms with E-state index < -0.39 is 29.6 Å². The van der Waals surface area contributed by atoms with Crippen molar-refractivity contribution in [3.05, 3.63) is 64.0 Å². The molecule has 1 heterocycles. The third kappa shape index (κ3) is 3.28. The Morgan fingerprint density at radius 3 is 2.46 bits per heavy atom. The number of aryl methyl sites for hydroxylation is 1. The van der Waals surface area contributed by atoms with Crippen molar-refractivity contribution < 1.29 is 23.5 Å². The molecule has 3 rings (SSSR count). The number of hydrogen-bond donors (Lipinski definition) is 1. The summed E-state index contributed by atoms with van der Waals surface area (Å²) in [5.74, 6) is -3.52. The van der Waals surface area contributed by atoms with Crippen molar-refractivity contribution in [3.63, 3.8) is 0 Å². The highest BCUT2D eigenvalue weighted by Crippen LogP contribution is 2.25. The van der Waals surface area contributed by atoms with Crippen LogP contribution in [-0.2, 0) is 4.79 Å². The van der Waals surface area contributed by atoms with E-state index in [1.807, 2.05) is 6.92 Å². The van der Waals surface area contributed by atoms with E-state index in [0.29, 0.717) is 11.6 Å². The van der Waals surface area contributed by atoms with E-state index in [1.54, 1.807) is 24.3 Å². The van der Waals surface area contributed by atoms with Crippen LogP contribution in [0.1, 0.15) is 28.9 Å². The number of aromatic nitrogens is 1. The first-order valence-electron chi connectivity index (χ1n) is 7.66. The molecule has 2 aromatic carbocycles. The number of carbonyl (C=O) groups excluding carboxylic acids is 1. The number of rotatable bonds is 3. The molecule has 0 aliphatic rings. The summed E-state index contributed by atoms with van der Waals surface area (Å²) in [6.07, 6.45) is 0. The van der Waals surface area contributed by atoms with Crippen LogP contribution >= 0.6 is 11.3 Å². The first-order chi connectivity index (χ1) is 12.3. The average Bonchev–Trinajstić information content (AvgIpc) is 2.92. The largest absolute Gasteiger partial charge is 0.480 e. The third-order valence-corrected chi connectivity index (χ3v) is 4.88. The summed E-state index contributed by atoms with van der Waals surface area (Å²) in [4.78, 5) is 27.8. The minimum absolute atomic E-state index is 0.00928. The number of aliphatic carboxylic acids is 1. The van der Waals surface area contributed by atoms with Gasteiger partial charge < -0.3 is 5.11 Å². The van der Waals surface area contributed by atoms with Gasteiger partial charge in [-0.2, -0.15) is 4.99 Å². The van der Waals surface area contributed by atoms with Gasteiger partial charge in [0.1, 0.15) is 11.9 Å². The predicted molar refractivity (Wildman–Crippen MR) is 93.2 cm³/mol. The molecule has 0 fully saturated rings. The predicted octanol–water partition coefficient (Wildman–Crippen LogP) is 3.68. The van der Waals surface area contributed by atoms with Crippen LogP contribution in [0.5, 0.6) is 0 Å². The van der Waals surface area contributed by atoms with Gasteiger partial charge in [-0.25, -0.2) is 13.6 Å². The molecule has 134 valence electrons. The van der Waals surface area contributed by atoms with Crippen LogP contribution < -0.4 is 4.80 Å². The van der Waals surface area contributed by atoms with Gasteiger partial charge >= 0.3 is 5.97 Å². The molecule has 1 N–H and O–H groups in total. The van der Waals surface area contributed by atoms with Gasteiger partial charge in [0.25, 0.3) is 5.91 Å². The van der Waals surface area contributed by atoms with Crippen LogP contribution in [-0.4, -0.2) is 21.6 Å². The lowest BCUT2D eigenvalue weighted by Crippen LogP contribution is -2.26. The van der Waals surface area contributed by atoms with E-state index in [-0.39, 0.29) is 15.0 Å². The Kier molecular flexibility index (Phi) is 4.69. The van der Waals surface area contributed by atoms with E-state index in [2.05, 4.69) is 4.99 Å². The van der Waals surface area contributed by atoms with Gasteiger partial charge in [0, 0.05) is 11.6 Å². The summed E-state index contributed by atoms with van der Waals surface area (Å²) in [7, 11) is 0. The number of amides is 1. The fourth-order valence-corrected chi connectivity index (χ4v) is 3.63. The lowest BCUT2D eigenvalue weighted by molar-refractivity contribution is -0.140. The molecule has 1 unspecified atom stereocenters. The summed E-state index contributed by atoms with van der Waals surface area (Å²) in [6.45, 7) is 3.21. The second-order valence-corrected chi connectivity index (χ2v) is 6.80. The maximum atomic E-state index is 14.3.